The van der Waals surface area contributed by atoms with Gasteiger partial charge in [0.2, 0.25) is 0 Å². The highest BCUT2D eigenvalue weighted by atomic mass is 127. The van der Waals surface area contributed by atoms with E-state index in [1.807, 2.05) is 6.07 Å². The summed E-state index contributed by atoms with van der Waals surface area (Å²) < 4.78 is 11.8. The van der Waals surface area contributed by atoms with Crippen molar-refractivity contribution in [3.8, 4) is 5.75 Å². The van der Waals surface area contributed by atoms with Gasteiger partial charge in [0.25, 0.3) is 0 Å². The molecular weight excluding hydrogens is 327 g/mol. The first-order valence-corrected chi connectivity index (χ1v) is 7.01. The summed E-state index contributed by atoms with van der Waals surface area (Å²) in [5.74, 6) is 0.919. The van der Waals surface area contributed by atoms with Crippen LogP contribution in [0.2, 0.25) is 0 Å². The predicted molar refractivity (Wildman–Crippen MR) is 79.8 cm³/mol. The fraction of sp³-hybridized carbons (Fsp3) is 0.571. The third-order valence-corrected chi connectivity index (χ3v) is 4.00. The first-order chi connectivity index (χ1) is 8.01. The lowest BCUT2D eigenvalue weighted by Crippen LogP contribution is -2.17. The van der Waals surface area contributed by atoms with Crippen molar-refractivity contribution >= 4 is 22.6 Å². The van der Waals surface area contributed by atoms with Crippen LogP contribution < -0.4 is 4.74 Å². The van der Waals surface area contributed by atoms with Crippen LogP contribution in [0.5, 0.6) is 5.75 Å². The van der Waals surface area contributed by atoms with Gasteiger partial charge in [0.05, 0.1) is 6.61 Å². The van der Waals surface area contributed by atoms with Crippen molar-refractivity contribution in [2.45, 2.75) is 32.6 Å². The third-order valence-electron chi connectivity index (χ3n) is 3.11. The summed E-state index contributed by atoms with van der Waals surface area (Å²) in [7, 11) is 1.68. The van der Waals surface area contributed by atoms with Gasteiger partial charge in [-0.15, -0.1) is 0 Å². The Hall–Kier alpha value is -0.290. The Morgan fingerprint density at radius 1 is 1.24 bits per heavy atom. The minimum absolute atomic E-state index is 0.224. The molecule has 0 heterocycles. The van der Waals surface area contributed by atoms with Crippen molar-refractivity contribution in [1.82, 2.24) is 0 Å². The van der Waals surface area contributed by atoms with E-state index in [2.05, 4.69) is 55.5 Å². The monoisotopic (exact) mass is 348 g/mol. The fourth-order valence-electron chi connectivity index (χ4n) is 1.57. The smallest absolute Gasteiger partial charge is 0.120 e. The van der Waals surface area contributed by atoms with Crippen LogP contribution in [0.4, 0.5) is 0 Å². The van der Waals surface area contributed by atoms with Gasteiger partial charge in [0, 0.05) is 10.7 Å². The molecule has 96 valence electrons. The second-order valence-corrected chi connectivity index (χ2v) is 5.88. The standard InChI is InChI=1S/C14H21IO2/c1-5-14(2,3)12-7-6-11(10-13(12)15)17-9-8-16-4/h6-7,10H,5,8-9H2,1-4H3. The molecule has 0 saturated carbocycles. The van der Waals surface area contributed by atoms with E-state index in [0.29, 0.717) is 13.2 Å². The number of methoxy groups -OCH3 is 1. The summed E-state index contributed by atoms with van der Waals surface area (Å²) in [5, 5.41) is 0. The molecule has 0 fully saturated rings. The summed E-state index contributed by atoms with van der Waals surface area (Å²) in [6.07, 6.45) is 1.13. The summed E-state index contributed by atoms with van der Waals surface area (Å²) in [6, 6.07) is 6.32. The maximum Gasteiger partial charge on any atom is 0.120 e. The van der Waals surface area contributed by atoms with E-state index in [1.165, 1.54) is 9.13 Å². The zero-order chi connectivity index (χ0) is 12.9. The highest BCUT2D eigenvalue weighted by molar-refractivity contribution is 14.1. The van der Waals surface area contributed by atoms with Gasteiger partial charge in [-0.1, -0.05) is 26.8 Å². The largest absolute Gasteiger partial charge is 0.491 e. The Bertz CT molecular complexity index is 361. The number of rotatable bonds is 6. The molecule has 0 N–H and O–H groups in total. The second-order valence-electron chi connectivity index (χ2n) is 4.72. The number of halogens is 1. The van der Waals surface area contributed by atoms with E-state index >= 15 is 0 Å². The summed E-state index contributed by atoms with van der Waals surface area (Å²) in [5.41, 5.74) is 1.61. The van der Waals surface area contributed by atoms with Gasteiger partial charge in [-0.2, -0.15) is 0 Å². The van der Waals surface area contributed by atoms with E-state index in [4.69, 9.17) is 9.47 Å². The lowest BCUT2D eigenvalue weighted by molar-refractivity contribution is 0.146. The molecule has 0 aliphatic carbocycles. The highest BCUT2D eigenvalue weighted by Crippen LogP contribution is 2.32. The number of hydrogen-bond donors (Lipinski definition) is 0. The van der Waals surface area contributed by atoms with Crippen LogP contribution in [0, 0.1) is 3.57 Å². The minimum atomic E-state index is 0.224. The lowest BCUT2D eigenvalue weighted by atomic mass is 9.82. The van der Waals surface area contributed by atoms with E-state index in [9.17, 15) is 0 Å². The van der Waals surface area contributed by atoms with Crippen LogP contribution in [-0.2, 0) is 10.2 Å². The molecule has 0 spiro atoms. The molecular formula is C14H21IO2. The quantitative estimate of drug-likeness (QED) is 0.571. The zero-order valence-corrected chi connectivity index (χ0v) is 13.2. The SMILES string of the molecule is CCC(C)(C)c1ccc(OCCOC)cc1I. The first kappa shape index (κ1) is 14.8. The molecule has 0 saturated heterocycles. The molecule has 1 rings (SSSR count). The Kier molecular flexibility index (Phi) is 5.73. The molecule has 0 aromatic heterocycles. The summed E-state index contributed by atoms with van der Waals surface area (Å²) in [6.45, 7) is 7.99. The van der Waals surface area contributed by atoms with Crippen molar-refractivity contribution in [1.29, 1.82) is 0 Å². The van der Waals surface area contributed by atoms with Crippen LogP contribution >= 0.6 is 22.6 Å². The van der Waals surface area contributed by atoms with E-state index < -0.39 is 0 Å². The minimum Gasteiger partial charge on any atom is -0.491 e. The number of hydrogen-bond acceptors (Lipinski definition) is 2. The average molecular weight is 348 g/mol. The number of ether oxygens (including phenoxy) is 2. The molecule has 0 unspecified atom stereocenters. The average Bonchev–Trinajstić information content (AvgIpc) is 2.29. The van der Waals surface area contributed by atoms with E-state index in [1.54, 1.807) is 7.11 Å². The van der Waals surface area contributed by atoms with Gasteiger partial charge in [0.15, 0.2) is 0 Å². The van der Waals surface area contributed by atoms with Gasteiger partial charge >= 0.3 is 0 Å². The summed E-state index contributed by atoms with van der Waals surface area (Å²) >= 11 is 2.38. The van der Waals surface area contributed by atoms with Crippen LogP contribution in [0.3, 0.4) is 0 Å². The molecule has 1 aromatic carbocycles. The Labute approximate surface area is 118 Å². The molecule has 0 atom stereocenters. The molecule has 17 heavy (non-hydrogen) atoms. The van der Waals surface area contributed by atoms with Gasteiger partial charge in [-0.25, -0.2) is 0 Å². The Morgan fingerprint density at radius 2 is 1.94 bits per heavy atom. The van der Waals surface area contributed by atoms with E-state index in [0.717, 1.165) is 12.2 Å². The first-order valence-electron chi connectivity index (χ1n) is 5.93. The summed E-state index contributed by atoms with van der Waals surface area (Å²) in [4.78, 5) is 0. The normalized spacial score (nSPS) is 11.6. The lowest BCUT2D eigenvalue weighted by Gasteiger charge is -2.25. The van der Waals surface area contributed by atoms with Crippen LogP contribution in [-0.4, -0.2) is 20.3 Å². The molecule has 1 aromatic rings. The molecule has 0 amide bonds. The van der Waals surface area contributed by atoms with Crippen molar-refractivity contribution < 1.29 is 9.47 Å². The Balaban J connectivity index is 2.79. The van der Waals surface area contributed by atoms with Gasteiger partial charge in [-0.05, 0) is 52.1 Å². The van der Waals surface area contributed by atoms with Crippen LogP contribution in [0.15, 0.2) is 18.2 Å². The molecule has 0 aliphatic rings. The van der Waals surface area contributed by atoms with Gasteiger partial charge < -0.3 is 9.47 Å². The third kappa shape index (κ3) is 4.14. The van der Waals surface area contributed by atoms with Crippen LogP contribution in [0.25, 0.3) is 0 Å². The molecule has 0 radical (unpaired) electrons. The zero-order valence-electron chi connectivity index (χ0n) is 11.0. The van der Waals surface area contributed by atoms with Crippen molar-refractivity contribution in [2.24, 2.45) is 0 Å². The molecule has 2 nitrogen and oxygen atoms in total. The van der Waals surface area contributed by atoms with Crippen molar-refractivity contribution in [2.75, 3.05) is 20.3 Å². The maximum atomic E-state index is 5.60. The van der Waals surface area contributed by atoms with Gasteiger partial charge in [0.1, 0.15) is 12.4 Å². The molecule has 3 heteroatoms. The van der Waals surface area contributed by atoms with Crippen molar-refractivity contribution in [3.05, 3.63) is 27.3 Å². The van der Waals surface area contributed by atoms with Crippen molar-refractivity contribution in [3.63, 3.8) is 0 Å². The van der Waals surface area contributed by atoms with E-state index in [-0.39, 0.29) is 5.41 Å². The predicted octanol–water partition coefficient (Wildman–Crippen LogP) is 4.00. The highest BCUT2D eigenvalue weighted by Gasteiger charge is 2.20. The number of benzene rings is 1. The van der Waals surface area contributed by atoms with Crippen LogP contribution in [0.1, 0.15) is 32.8 Å². The fourth-order valence-corrected chi connectivity index (χ4v) is 2.78. The Morgan fingerprint density at radius 3 is 2.47 bits per heavy atom. The topological polar surface area (TPSA) is 18.5 Å². The van der Waals surface area contributed by atoms with Gasteiger partial charge in [-0.3, -0.25) is 0 Å². The molecule has 0 bridgehead atoms. The molecule has 0 aliphatic heterocycles. The second kappa shape index (κ2) is 6.59. The maximum absolute atomic E-state index is 5.60.